The second-order valence-electron chi connectivity index (χ2n) is 5.85. The summed E-state index contributed by atoms with van der Waals surface area (Å²) in [4.78, 5) is 25.9. The number of imide groups is 1. The van der Waals surface area contributed by atoms with Crippen LogP contribution in [0, 0.1) is 5.92 Å². The lowest BCUT2D eigenvalue weighted by Crippen LogP contribution is -2.43. The number of rotatable bonds is 7. The van der Waals surface area contributed by atoms with Crippen LogP contribution in [0.2, 0.25) is 0 Å². The highest BCUT2D eigenvalue weighted by molar-refractivity contribution is 6.25. The van der Waals surface area contributed by atoms with Crippen molar-refractivity contribution in [1.82, 2.24) is 4.90 Å². The van der Waals surface area contributed by atoms with Gasteiger partial charge in [-0.05, 0) is 24.8 Å². The molecule has 0 unspecified atom stereocenters. The van der Waals surface area contributed by atoms with Crippen molar-refractivity contribution in [3.8, 4) is 0 Å². The topological polar surface area (TPSA) is 46.6 Å². The average Bonchev–Trinajstić information content (AvgIpc) is 2.95. The first kappa shape index (κ1) is 18.3. The Balaban J connectivity index is 1.95. The molecular weight excluding hydrogens is 326 g/mol. The first-order chi connectivity index (χ1) is 11.6. The number of amides is 2. The molecule has 0 saturated carbocycles. The van der Waals surface area contributed by atoms with E-state index in [1.54, 1.807) is 6.08 Å². The molecule has 1 saturated heterocycles. The van der Waals surface area contributed by atoms with Gasteiger partial charge in [0, 0.05) is 11.5 Å². The van der Waals surface area contributed by atoms with Crippen LogP contribution >= 0.6 is 11.6 Å². The molecule has 1 aliphatic rings. The molecule has 128 valence electrons. The van der Waals surface area contributed by atoms with Crippen molar-refractivity contribution in [2.24, 2.45) is 5.92 Å². The molecule has 1 fully saturated rings. The second-order valence-corrected chi connectivity index (χ2v) is 6.11. The summed E-state index contributed by atoms with van der Waals surface area (Å²) in [5, 5.41) is 0. The SMILES string of the molecule is C[C@H](CC/C=C/C=C/Cl)C(=O)N1C(=O)OC[C@H]1Cc1ccccc1. The number of benzene rings is 1. The highest BCUT2D eigenvalue weighted by Crippen LogP contribution is 2.21. The molecule has 2 rings (SSSR count). The minimum absolute atomic E-state index is 0.167. The predicted octanol–water partition coefficient (Wildman–Crippen LogP) is 4.30. The molecular formula is C19H22ClNO3. The van der Waals surface area contributed by atoms with E-state index in [0.717, 1.165) is 12.0 Å². The molecule has 5 heteroatoms. The lowest BCUT2D eigenvalue weighted by molar-refractivity contribution is -0.133. The first-order valence-corrected chi connectivity index (χ1v) is 8.52. The number of cyclic esters (lactones) is 1. The van der Waals surface area contributed by atoms with Gasteiger partial charge in [0.1, 0.15) is 6.61 Å². The predicted molar refractivity (Wildman–Crippen MR) is 94.7 cm³/mol. The van der Waals surface area contributed by atoms with Crippen LogP contribution in [0.3, 0.4) is 0 Å². The molecule has 0 bridgehead atoms. The maximum absolute atomic E-state index is 12.6. The summed E-state index contributed by atoms with van der Waals surface area (Å²) in [5.74, 6) is -0.404. The van der Waals surface area contributed by atoms with Gasteiger partial charge in [-0.3, -0.25) is 4.79 Å². The summed E-state index contributed by atoms with van der Waals surface area (Å²) in [7, 11) is 0. The van der Waals surface area contributed by atoms with Crippen LogP contribution in [-0.4, -0.2) is 29.5 Å². The molecule has 1 aliphatic heterocycles. The Morgan fingerprint density at radius 1 is 1.38 bits per heavy atom. The smallest absolute Gasteiger partial charge is 0.416 e. The van der Waals surface area contributed by atoms with E-state index in [1.165, 1.54) is 10.4 Å². The number of hydrogen-bond acceptors (Lipinski definition) is 3. The summed E-state index contributed by atoms with van der Waals surface area (Å²) in [5.41, 5.74) is 2.52. The van der Waals surface area contributed by atoms with Crippen LogP contribution in [0.5, 0.6) is 0 Å². The summed E-state index contributed by atoms with van der Waals surface area (Å²) >= 11 is 5.43. The molecule has 0 spiro atoms. The van der Waals surface area contributed by atoms with Crippen molar-refractivity contribution < 1.29 is 14.3 Å². The van der Waals surface area contributed by atoms with Crippen LogP contribution in [0.4, 0.5) is 4.79 Å². The summed E-state index contributed by atoms with van der Waals surface area (Å²) in [6, 6.07) is 9.59. The van der Waals surface area contributed by atoms with E-state index in [1.807, 2.05) is 49.4 Å². The van der Waals surface area contributed by atoms with E-state index in [4.69, 9.17) is 16.3 Å². The van der Waals surface area contributed by atoms with E-state index < -0.39 is 6.09 Å². The van der Waals surface area contributed by atoms with Gasteiger partial charge in [0.15, 0.2) is 0 Å². The molecule has 24 heavy (non-hydrogen) atoms. The molecule has 2 atom stereocenters. The fraction of sp³-hybridized carbons (Fsp3) is 0.368. The van der Waals surface area contributed by atoms with E-state index in [2.05, 4.69) is 0 Å². The van der Waals surface area contributed by atoms with E-state index in [-0.39, 0.29) is 24.5 Å². The Morgan fingerprint density at radius 3 is 2.83 bits per heavy atom. The van der Waals surface area contributed by atoms with Gasteiger partial charge in [0.05, 0.1) is 6.04 Å². The van der Waals surface area contributed by atoms with Crippen LogP contribution in [0.25, 0.3) is 0 Å². The number of nitrogens with zero attached hydrogens (tertiary/aromatic N) is 1. The summed E-state index contributed by atoms with van der Waals surface area (Å²) < 4.78 is 5.11. The standard InChI is InChI=1S/C19H22ClNO3/c1-15(9-5-2-3-8-12-20)18(22)21-17(14-24-19(21)23)13-16-10-6-4-7-11-16/h2-4,6-8,10-12,15,17H,5,9,13-14H2,1H3/b3-2+,12-8+/t15-,17-/m1/s1. The minimum Gasteiger partial charge on any atom is -0.447 e. The quantitative estimate of drug-likeness (QED) is 0.691. The van der Waals surface area contributed by atoms with Gasteiger partial charge in [-0.1, -0.05) is 67.1 Å². The third-order valence-corrected chi connectivity index (χ3v) is 4.17. The van der Waals surface area contributed by atoms with Crippen LogP contribution in [0.1, 0.15) is 25.3 Å². The van der Waals surface area contributed by atoms with Crippen molar-refractivity contribution in [2.75, 3.05) is 6.61 Å². The number of ether oxygens (including phenoxy) is 1. The maximum Gasteiger partial charge on any atom is 0.416 e. The number of carbonyl (C=O) groups is 2. The third kappa shape index (κ3) is 4.96. The normalized spacial score (nSPS) is 19.2. The van der Waals surface area contributed by atoms with E-state index >= 15 is 0 Å². The van der Waals surface area contributed by atoms with Crippen LogP contribution in [-0.2, 0) is 16.0 Å². The highest BCUT2D eigenvalue weighted by Gasteiger charge is 2.39. The number of allylic oxidation sites excluding steroid dienone is 3. The lowest BCUT2D eigenvalue weighted by Gasteiger charge is -2.22. The fourth-order valence-electron chi connectivity index (χ4n) is 2.69. The molecule has 0 radical (unpaired) electrons. The third-order valence-electron chi connectivity index (χ3n) is 4.02. The molecule has 0 aliphatic carbocycles. The van der Waals surface area contributed by atoms with Crippen molar-refractivity contribution in [1.29, 1.82) is 0 Å². The zero-order chi connectivity index (χ0) is 17.4. The second kappa shape index (κ2) is 9.28. The molecule has 4 nitrogen and oxygen atoms in total. The molecule has 1 aromatic carbocycles. The van der Waals surface area contributed by atoms with Gasteiger partial charge in [0.25, 0.3) is 0 Å². The monoisotopic (exact) mass is 347 g/mol. The van der Waals surface area contributed by atoms with Crippen molar-refractivity contribution >= 4 is 23.6 Å². The molecule has 1 aromatic rings. The zero-order valence-corrected chi connectivity index (χ0v) is 14.5. The Kier molecular flexibility index (Phi) is 7.07. The van der Waals surface area contributed by atoms with Gasteiger partial charge in [-0.2, -0.15) is 0 Å². The van der Waals surface area contributed by atoms with Gasteiger partial charge < -0.3 is 4.74 Å². The minimum atomic E-state index is -0.534. The summed E-state index contributed by atoms with van der Waals surface area (Å²) in [6.07, 6.45) is 7.02. The maximum atomic E-state index is 12.6. The Hall–Kier alpha value is -2.07. The van der Waals surface area contributed by atoms with Gasteiger partial charge in [0.2, 0.25) is 5.91 Å². The largest absolute Gasteiger partial charge is 0.447 e. The number of carbonyl (C=O) groups excluding carboxylic acids is 2. The van der Waals surface area contributed by atoms with E-state index in [9.17, 15) is 9.59 Å². The molecule has 0 aromatic heterocycles. The number of hydrogen-bond donors (Lipinski definition) is 0. The van der Waals surface area contributed by atoms with Gasteiger partial charge in [-0.25, -0.2) is 9.69 Å². The molecule has 2 amide bonds. The van der Waals surface area contributed by atoms with Gasteiger partial charge in [-0.15, -0.1) is 0 Å². The average molecular weight is 348 g/mol. The van der Waals surface area contributed by atoms with Crippen LogP contribution in [0.15, 0.2) is 54.1 Å². The Bertz CT molecular complexity index is 612. The number of halogens is 1. The highest BCUT2D eigenvalue weighted by atomic mass is 35.5. The van der Waals surface area contributed by atoms with Crippen molar-refractivity contribution in [2.45, 2.75) is 32.2 Å². The van der Waals surface area contributed by atoms with Crippen molar-refractivity contribution in [3.05, 3.63) is 59.7 Å². The van der Waals surface area contributed by atoms with E-state index in [0.29, 0.717) is 12.8 Å². The Labute approximate surface area is 147 Å². The van der Waals surface area contributed by atoms with Crippen molar-refractivity contribution in [3.63, 3.8) is 0 Å². The van der Waals surface area contributed by atoms with Gasteiger partial charge >= 0.3 is 6.09 Å². The first-order valence-electron chi connectivity index (χ1n) is 8.09. The fourth-order valence-corrected chi connectivity index (χ4v) is 2.77. The molecule has 1 heterocycles. The Morgan fingerprint density at radius 2 is 2.12 bits per heavy atom. The zero-order valence-electron chi connectivity index (χ0n) is 13.7. The summed E-state index contributed by atoms with van der Waals surface area (Å²) in [6.45, 7) is 2.10. The lowest BCUT2D eigenvalue weighted by atomic mass is 10.0. The molecule has 0 N–H and O–H groups in total. The van der Waals surface area contributed by atoms with Crippen LogP contribution < -0.4 is 0 Å².